The van der Waals surface area contributed by atoms with Gasteiger partial charge in [0, 0.05) is 16.4 Å². The smallest absolute Gasteiger partial charge is 0.327 e. The van der Waals surface area contributed by atoms with Crippen LogP contribution in [-0.2, 0) is 17.0 Å². The van der Waals surface area contributed by atoms with Crippen LogP contribution in [0.25, 0.3) is 0 Å². The highest BCUT2D eigenvalue weighted by atomic mass is 32.2. The van der Waals surface area contributed by atoms with Crippen molar-refractivity contribution in [2.75, 3.05) is 11.5 Å². The topological polar surface area (TPSA) is 57.6 Å². The Bertz CT molecular complexity index is 548. The van der Waals surface area contributed by atoms with E-state index in [2.05, 4.69) is 0 Å². The molecule has 3 heterocycles. The van der Waals surface area contributed by atoms with E-state index in [4.69, 9.17) is 0 Å². The van der Waals surface area contributed by atoms with Gasteiger partial charge in [-0.15, -0.1) is 23.1 Å². The summed E-state index contributed by atoms with van der Waals surface area (Å²) in [5, 5.41) is 9.33. The van der Waals surface area contributed by atoms with Crippen LogP contribution in [0.5, 0.6) is 0 Å². The van der Waals surface area contributed by atoms with Crippen LogP contribution in [0, 0.1) is 0 Å². The summed E-state index contributed by atoms with van der Waals surface area (Å²) in [5.74, 6) is 1.55. The van der Waals surface area contributed by atoms with E-state index in [0.717, 1.165) is 24.3 Å². The molecule has 1 saturated heterocycles. The minimum Gasteiger partial charge on any atom is -0.480 e. The van der Waals surface area contributed by atoms with Crippen molar-refractivity contribution in [2.45, 2.75) is 36.9 Å². The lowest BCUT2D eigenvalue weighted by molar-refractivity contribution is -0.141. The number of thioether (sulfide) groups is 2. The maximum Gasteiger partial charge on any atom is 0.327 e. The second-order valence-electron chi connectivity index (χ2n) is 5.12. The van der Waals surface area contributed by atoms with Gasteiger partial charge in [-0.1, -0.05) is 6.92 Å². The third-order valence-electron chi connectivity index (χ3n) is 3.80. The summed E-state index contributed by atoms with van der Waals surface area (Å²) >= 11 is 5.01. The van der Waals surface area contributed by atoms with Gasteiger partial charge in [0.25, 0.3) is 5.91 Å². The lowest BCUT2D eigenvalue weighted by atomic mass is 10.2. The molecule has 0 radical (unpaired) electrons. The average molecular weight is 343 g/mol. The Morgan fingerprint density at radius 2 is 2.29 bits per heavy atom. The Morgan fingerprint density at radius 3 is 2.95 bits per heavy atom. The number of aryl methyl sites for hydroxylation is 1. The zero-order valence-corrected chi connectivity index (χ0v) is 14.2. The predicted molar refractivity (Wildman–Crippen MR) is 88.3 cm³/mol. The van der Waals surface area contributed by atoms with Crippen LogP contribution >= 0.6 is 34.9 Å². The van der Waals surface area contributed by atoms with Crippen molar-refractivity contribution in [1.29, 1.82) is 0 Å². The molecule has 0 spiro atoms. The minimum atomic E-state index is -0.899. The fourth-order valence-corrected chi connectivity index (χ4v) is 6.38. The monoisotopic (exact) mass is 343 g/mol. The summed E-state index contributed by atoms with van der Waals surface area (Å²) in [7, 11) is 0. The first-order valence-corrected chi connectivity index (χ1v) is 10.00. The van der Waals surface area contributed by atoms with Crippen LogP contribution in [0.3, 0.4) is 0 Å². The van der Waals surface area contributed by atoms with E-state index < -0.39 is 12.0 Å². The van der Waals surface area contributed by atoms with Crippen LogP contribution in [0.4, 0.5) is 0 Å². The number of amides is 1. The molecule has 0 aliphatic carbocycles. The summed E-state index contributed by atoms with van der Waals surface area (Å²) in [6.45, 7) is 2.00. The second-order valence-corrected chi connectivity index (χ2v) is 8.58. The van der Waals surface area contributed by atoms with Gasteiger partial charge >= 0.3 is 5.97 Å². The molecule has 0 bridgehead atoms. The molecule has 1 aromatic rings. The van der Waals surface area contributed by atoms with Crippen molar-refractivity contribution in [3.63, 3.8) is 0 Å². The van der Waals surface area contributed by atoms with Crippen LogP contribution in [0.15, 0.2) is 6.07 Å². The molecule has 2 unspecified atom stereocenters. The number of nitrogens with zero attached hydrogens (tertiary/aromatic N) is 1. The first-order valence-electron chi connectivity index (χ1n) is 6.98. The van der Waals surface area contributed by atoms with E-state index in [0.29, 0.717) is 10.6 Å². The number of carboxylic acids is 1. The number of thiophene rings is 1. The van der Waals surface area contributed by atoms with Gasteiger partial charge in [0.15, 0.2) is 0 Å². The molecule has 1 aromatic heterocycles. The molecule has 3 rings (SSSR count). The summed E-state index contributed by atoms with van der Waals surface area (Å²) in [4.78, 5) is 27.8. The van der Waals surface area contributed by atoms with E-state index in [-0.39, 0.29) is 11.3 Å². The number of carbonyl (C=O) groups excluding carboxylic acids is 1. The second kappa shape index (κ2) is 6.22. The van der Waals surface area contributed by atoms with Crippen molar-refractivity contribution < 1.29 is 14.7 Å². The van der Waals surface area contributed by atoms with Crippen LogP contribution in [-0.4, -0.2) is 44.8 Å². The van der Waals surface area contributed by atoms with Crippen molar-refractivity contribution in [3.05, 3.63) is 21.4 Å². The highest BCUT2D eigenvalue weighted by Gasteiger charge is 2.41. The number of hydrogen-bond donors (Lipinski definition) is 1. The number of carboxylic acid groups (broad SMARTS) is 1. The molecule has 114 valence electrons. The van der Waals surface area contributed by atoms with Crippen molar-refractivity contribution in [1.82, 2.24) is 4.90 Å². The normalized spacial score (nSPS) is 24.9. The number of aliphatic carboxylic acids is 1. The minimum absolute atomic E-state index is 0.0212. The first kappa shape index (κ1) is 15.2. The lowest BCUT2D eigenvalue weighted by Gasteiger charge is -2.26. The SMILES string of the molecule is CCC1SCC(C(=O)O)N1C(=O)c1cc2c(s1)CCSC2. The summed E-state index contributed by atoms with van der Waals surface area (Å²) in [6, 6.07) is 1.28. The quantitative estimate of drug-likeness (QED) is 0.914. The van der Waals surface area contributed by atoms with E-state index >= 15 is 0 Å². The van der Waals surface area contributed by atoms with Gasteiger partial charge in [-0.05, 0) is 30.2 Å². The molecule has 2 atom stereocenters. The van der Waals surface area contributed by atoms with E-state index in [1.807, 2.05) is 24.8 Å². The molecule has 1 N–H and O–H groups in total. The van der Waals surface area contributed by atoms with E-state index in [9.17, 15) is 14.7 Å². The van der Waals surface area contributed by atoms with Crippen molar-refractivity contribution in [3.8, 4) is 0 Å². The van der Waals surface area contributed by atoms with Gasteiger partial charge in [0.1, 0.15) is 6.04 Å². The molecule has 21 heavy (non-hydrogen) atoms. The van der Waals surface area contributed by atoms with Gasteiger partial charge in [0.05, 0.1) is 10.3 Å². The van der Waals surface area contributed by atoms with Gasteiger partial charge < -0.3 is 10.0 Å². The van der Waals surface area contributed by atoms with E-state index in [1.165, 1.54) is 10.4 Å². The predicted octanol–water partition coefficient (Wildman–Crippen LogP) is 2.92. The number of rotatable bonds is 3. The third kappa shape index (κ3) is 2.83. The fraction of sp³-hybridized carbons (Fsp3) is 0.571. The number of hydrogen-bond acceptors (Lipinski definition) is 5. The maximum atomic E-state index is 12.8. The third-order valence-corrected chi connectivity index (χ3v) is 7.49. The molecule has 4 nitrogen and oxygen atoms in total. The largest absolute Gasteiger partial charge is 0.480 e. The van der Waals surface area contributed by atoms with Crippen molar-refractivity contribution >= 4 is 46.7 Å². The zero-order valence-electron chi connectivity index (χ0n) is 11.7. The highest BCUT2D eigenvalue weighted by molar-refractivity contribution is 8.00. The Hall–Kier alpha value is -0.660. The standard InChI is InChI=1S/C14H17NO3S3/c1-2-12-15(9(7-20-12)14(17)18)13(16)11-5-8-6-19-4-3-10(8)21-11/h5,9,12H,2-4,6-7H2,1H3,(H,17,18). The van der Waals surface area contributed by atoms with Crippen LogP contribution in [0.1, 0.15) is 33.5 Å². The first-order chi connectivity index (χ1) is 10.1. The van der Waals surface area contributed by atoms with Gasteiger partial charge in [0.2, 0.25) is 0 Å². The summed E-state index contributed by atoms with van der Waals surface area (Å²) < 4.78 is 0. The Kier molecular flexibility index (Phi) is 4.51. The van der Waals surface area contributed by atoms with Crippen LogP contribution in [0.2, 0.25) is 0 Å². The Balaban J connectivity index is 1.88. The molecule has 1 fully saturated rings. The molecule has 1 amide bonds. The summed E-state index contributed by atoms with van der Waals surface area (Å²) in [5.41, 5.74) is 1.26. The molecule has 0 saturated carbocycles. The maximum absolute atomic E-state index is 12.8. The van der Waals surface area contributed by atoms with E-state index in [1.54, 1.807) is 28.0 Å². The van der Waals surface area contributed by atoms with Gasteiger partial charge in [-0.3, -0.25) is 4.79 Å². The Morgan fingerprint density at radius 1 is 1.48 bits per heavy atom. The molecule has 2 aliphatic rings. The highest BCUT2D eigenvalue weighted by Crippen LogP contribution is 2.36. The number of carbonyl (C=O) groups is 2. The molecule has 0 aromatic carbocycles. The number of fused-ring (bicyclic) bond motifs is 1. The van der Waals surface area contributed by atoms with Gasteiger partial charge in [-0.25, -0.2) is 4.79 Å². The van der Waals surface area contributed by atoms with Crippen LogP contribution < -0.4 is 0 Å². The fourth-order valence-electron chi connectivity index (χ4n) is 2.72. The van der Waals surface area contributed by atoms with Crippen molar-refractivity contribution in [2.24, 2.45) is 0 Å². The average Bonchev–Trinajstić information content (AvgIpc) is 3.09. The summed E-state index contributed by atoms with van der Waals surface area (Å²) in [6.07, 6.45) is 1.80. The molecular formula is C14H17NO3S3. The molecule has 2 aliphatic heterocycles. The molecule has 7 heteroatoms. The lowest BCUT2D eigenvalue weighted by Crippen LogP contribution is -2.45. The Labute approximate surface area is 136 Å². The molecular weight excluding hydrogens is 326 g/mol. The van der Waals surface area contributed by atoms with Gasteiger partial charge in [-0.2, -0.15) is 11.8 Å². The zero-order chi connectivity index (χ0) is 15.0.